The lowest BCUT2D eigenvalue weighted by Crippen LogP contribution is -2.55. The third-order valence-electron chi connectivity index (χ3n) is 3.36. The molecule has 1 aliphatic rings. The lowest BCUT2D eigenvalue weighted by Gasteiger charge is -2.37. The summed E-state index contributed by atoms with van der Waals surface area (Å²) in [5.41, 5.74) is 0.858. The second-order valence-electron chi connectivity index (χ2n) is 5.57. The number of thioether (sulfide) groups is 1. The first-order valence-corrected chi connectivity index (χ1v) is 7.52. The summed E-state index contributed by atoms with van der Waals surface area (Å²) in [5, 5.41) is 2.87. The third-order valence-corrected chi connectivity index (χ3v) is 4.69. The van der Waals surface area contributed by atoms with E-state index in [1.165, 1.54) is 11.8 Å². The first-order chi connectivity index (χ1) is 9.36. The molecule has 1 atom stereocenters. The quantitative estimate of drug-likeness (QED) is 0.870. The zero-order valence-corrected chi connectivity index (χ0v) is 13.1. The topological polar surface area (TPSA) is 49.4 Å². The van der Waals surface area contributed by atoms with Crippen LogP contribution in [-0.2, 0) is 9.59 Å². The van der Waals surface area contributed by atoms with Crippen LogP contribution in [0.5, 0.6) is 0 Å². The van der Waals surface area contributed by atoms with E-state index in [0.29, 0.717) is 12.5 Å². The SMILES string of the molecule is CC(C)CNC(=O)[C@]1(C)Sc2ccccc2N(C)C1=O. The molecule has 0 spiro atoms. The van der Waals surface area contributed by atoms with Gasteiger partial charge in [-0.3, -0.25) is 9.59 Å². The molecule has 0 bridgehead atoms. The van der Waals surface area contributed by atoms with Crippen LogP contribution in [0.15, 0.2) is 29.2 Å². The Hall–Kier alpha value is -1.49. The van der Waals surface area contributed by atoms with Gasteiger partial charge in [-0.1, -0.05) is 37.7 Å². The fourth-order valence-electron chi connectivity index (χ4n) is 2.12. The van der Waals surface area contributed by atoms with Gasteiger partial charge in [-0.15, -0.1) is 0 Å². The van der Waals surface area contributed by atoms with Crippen LogP contribution in [0, 0.1) is 5.92 Å². The smallest absolute Gasteiger partial charge is 0.252 e. The van der Waals surface area contributed by atoms with Gasteiger partial charge in [0.15, 0.2) is 4.75 Å². The van der Waals surface area contributed by atoms with Crippen molar-refractivity contribution in [1.82, 2.24) is 5.32 Å². The van der Waals surface area contributed by atoms with Gasteiger partial charge in [0, 0.05) is 18.5 Å². The van der Waals surface area contributed by atoms with Gasteiger partial charge < -0.3 is 10.2 Å². The molecule has 0 saturated heterocycles. The Morgan fingerprint density at radius 3 is 2.70 bits per heavy atom. The van der Waals surface area contributed by atoms with Crippen molar-refractivity contribution in [2.24, 2.45) is 5.92 Å². The zero-order valence-electron chi connectivity index (χ0n) is 12.3. The molecule has 0 saturated carbocycles. The third kappa shape index (κ3) is 2.54. The van der Waals surface area contributed by atoms with Crippen LogP contribution < -0.4 is 10.2 Å². The van der Waals surface area contributed by atoms with Gasteiger partial charge in [0.05, 0.1) is 5.69 Å². The molecule has 0 unspecified atom stereocenters. The summed E-state index contributed by atoms with van der Waals surface area (Å²) in [5.74, 6) is -0.0405. The van der Waals surface area contributed by atoms with Crippen LogP contribution in [0.25, 0.3) is 0 Å². The molecule has 1 aliphatic heterocycles. The van der Waals surface area contributed by atoms with Crippen LogP contribution in [0.2, 0.25) is 0 Å². The Labute approximate surface area is 123 Å². The number of benzene rings is 1. The minimum atomic E-state index is -1.10. The molecule has 1 aromatic rings. The van der Waals surface area contributed by atoms with E-state index < -0.39 is 4.75 Å². The lowest BCUT2D eigenvalue weighted by atomic mass is 10.1. The molecular weight excluding hydrogens is 272 g/mol. The van der Waals surface area contributed by atoms with Crippen LogP contribution >= 0.6 is 11.8 Å². The molecule has 5 heteroatoms. The molecule has 0 aliphatic carbocycles. The van der Waals surface area contributed by atoms with Crippen LogP contribution in [0.1, 0.15) is 20.8 Å². The molecule has 0 radical (unpaired) electrons. The molecule has 4 nitrogen and oxygen atoms in total. The molecule has 1 aromatic carbocycles. The van der Waals surface area contributed by atoms with Gasteiger partial charge in [-0.05, 0) is 25.0 Å². The highest BCUT2D eigenvalue weighted by molar-refractivity contribution is 8.02. The van der Waals surface area contributed by atoms with E-state index in [1.54, 1.807) is 18.9 Å². The summed E-state index contributed by atoms with van der Waals surface area (Å²) in [6.07, 6.45) is 0. The van der Waals surface area contributed by atoms with Crippen molar-refractivity contribution in [3.05, 3.63) is 24.3 Å². The number of hydrogen-bond donors (Lipinski definition) is 1. The molecule has 108 valence electrons. The van der Waals surface area contributed by atoms with E-state index in [4.69, 9.17) is 0 Å². The average molecular weight is 292 g/mol. The van der Waals surface area contributed by atoms with E-state index in [2.05, 4.69) is 5.32 Å². The van der Waals surface area contributed by atoms with Crippen molar-refractivity contribution in [1.29, 1.82) is 0 Å². The van der Waals surface area contributed by atoms with Crippen molar-refractivity contribution < 1.29 is 9.59 Å². The predicted octanol–water partition coefficient (Wildman–Crippen LogP) is 2.29. The number of nitrogens with zero attached hydrogens (tertiary/aromatic N) is 1. The molecular formula is C15H20N2O2S. The molecule has 2 rings (SSSR count). The fourth-order valence-corrected chi connectivity index (χ4v) is 3.41. The number of carbonyl (C=O) groups excluding carboxylic acids is 2. The minimum absolute atomic E-state index is 0.178. The highest BCUT2D eigenvalue weighted by Gasteiger charge is 2.48. The molecule has 2 amide bonds. The lowest BCUT2D eigenvalue weighted by molar-refractivity contribution is -0.131. The van der Waals surface area contributed by atoms with Gasteiger partial charge in [-0.2, -0.15) is 0 Å². The Balaban J connectivity index is 2.29. The summed E-state index contributed by atoms with van der Waals surface area (Å²) < 4.78 is -1.10. The van der Waals surface area contributed by atoms with E-state index in [0.717, 1.165) is 10.6 Å². The first kappa shape index (κ1) is 14.9. The molecule has 20 heavy (non-hydrogen) atoms. The second-order valence-corrected chi connectivity index (χ2v) is 7.03. The number of rotatable bonds is 3. The highest BCUT2D eigenvalue weighted by atomic mass is 32.2. The fraction of sp³-hybridized carbons (Fsp3) is 0.467. The van der Waals surface area contributed by atoms with E-state index in [1.807, 2.05) is 38.1 Å². The molecule has 0 fully saturated rings. The summed E-state index contributed by atoms with van der Waals surface area (Å²) >= 11 is 1.33. The number of fused-ring (bicyclic) bond motifs is 1. The van der Waals surface area contributed by atoms with Crippen LogP contribution in [0.3, 0.4) is 0 Å². The molecule has 1 heterocycles. The summed E-state index contributed by atoms with van der Waals surface area (Å²) in [4.78, 5) is 27.5. The largest absolute Gasteiger partial charge is 0.354 e. The summed E-state index contributed by atoms with van der Waals surface area (Å²) in [6.45, 7) is 6.33. The maximum Gasteiger partial charge on any atom is 0.252 e. The van der Waals surface area contributed by atoms with Gasteiger partial charge in [0.1, 0.15) is 0 Å². The predicted molar refractivity (Wildman–Crippen MR) is 82.0 cm³/mol. The second kappa shape index (κ2) is 5.48. The molecule has 1 N–H and O–H groups in total. The van der Waals surface area contributed by atoms with E-state index >= 15 is 0 Å². The molecule has 0 aromatic heterocycles. The normalized spacial score (nSPS) is 21.9. The monoisotopic (exact) mass is 292 g/mol. The standard InChI is InChI=1S/C15H20N2O2S/c1-10(2)9-16-13(18)15(3)14(19)17(4)11-7-5-6-8-12(11)20-15/h5-8,10H,9H2,1-4H3,(H,16,18)/t15-/m0/s1. The van der Waals surface area contributed by atoms with Gasteiger partial charge in [-0.25, -0.2) is 0 Å². The number of amides is 2. The van der Waals surface area contributed by atoms with E-state index in [9.17, 15) is 9.59 Å². The highest BCUT2D eigenvalue weighted by Crippen LogP contribution is 2.44. The van der Waals surface area contributed by atoms with Gasteiger partial charge >= 0.3 is 0 Å². The summed E-state index contributed by atoms with van der Waals surface area (Å²) in [6, 6.07) is 7.65. The van der Waals surface area contributed by atoms with Crippen LogP contribution in [0.4, 0.5) is 5.69 Å². The maximum absolute atomic E-state index is 12.5. The first-order valence-electron chi connectivity index (χ1n) is 6.70. The maximum atomic E-state index is 12.5. The van der Waals surface area contributed by atoms with Crippen molar-refractivity contribution >= 4 is 29.3 Å². The van der Waals surface area contributed by atoms with Crippen molar-refractivity contribution in [2.45, 2.75) is 30.4 Å². The Kier molecular flexibility index (Phi) is 4.09. The van der Waals surface area contributed by atoms with Gasteiger partial charge in [0.2, 0.25) is 5.91 Å². The average Bonchev–Trinajstić information content (AvgIpc) is 2.42. The van der Waals surface area contributed by atoms with Crippen LogP contribution in [-0.4, -0.2) is 30.2 Å². The van der Waals surface area contributed by atoms with Gasteiger partial charge in [0.25, 0.3) is 5.91 Å². The number of anilines is 1. The number of nitrogens with one attached hydrogen (secondary N) is 1. The van der Waals surface area contributed by atoms with Crippen molar-refractivity contribution in [2.75, 3.05) is 18.5 Å². The van der Waals surface area contributed by atoms with E-state index in [-0.39, 0.29) is 11.8 Å². The van der Waals surface area contributed by atoms with Crippen molar-refractivity contribution in [3.8, 4) is 0 Å². The number of hydrogen-bond acceptors (Lipinski definition) is 3. The Morgan fingerprint density at radius 1 is 1.40 bits per heavy atom. The zero-order chi connectivity index (χ0) is 14.9. The minimum Gasteiger partial charge on any atom is -0.354 e. The Bertz CT molecular complexity index is 544. The number of para-hydroxylation sites is 1. The summed E-state index contributed by atoms with van der Waals surface area (Å²) in [7, 11) is 1.72. The van der Waals surface area contributed by atoms with Crippen molar-refractivity contribution in [3.63, 3.8) is 0 Å². The Morgan fingerprint density at radius 2 is 2.05 bits per heavy atom. The number of carbonyl (C=O) groups is 2.